The summed E-state index contributed by atoms with van der Waals surface area (Å²) >= 11 is 0. The van der Waals surface area contributed by atoms with E-state index in [1.165, 1.54) is 6.07 Å². The van der Waals surface area contributed by atoms with Crippen LogP contribution in [0, 0.1) is 12.8 Å². The van der Waals surface area contributed by atoms with Crippen molar-refractivity contribution in [1.29, 1.82) is 0 Å². The van der Waals surface area contributed by atoms with E-state index in [9.17, 15) is 22.8 Å². The van der Waals surface area contributed by atoms with Gasteiger partial charge in [-0.15, -0.1) is 0 Å². The Bertz CT molecular complexity index is 984. The molecule has 1 amide bonds. The molecule has 0 radical (unpaired) electrons. The molecule has 0 unspecified atom stereocenters. The Morgan fingerprint density at radius 1 is 1.30 bits per heavy atom. The third kappa shape index (κ3) is 4.86. The maximum atomic E-state index is 13.7. The topological polar surface area (TPSA) is 60.3 Å². The highest BCUT2D eigenvalue weighted by molar-refractivity contribution is 5.81. The van der Waals surface area contributed by atoms with Gasteiger partial charge in [0.05, 0.1) is 11.6 Å². The van der Waals surface area contributed by atoms with E-state index < -0.39 is 23.3 Å². The van der Waals surface area contributed by atoms with Crippen LogP contribution >= 0.6 is 0 Å². The Labute approximate surface area is 173 Å². The van der Waals surface area contributed by atoms with Gasteiger partial charge in [-0.2, -0.15) is 13.2 Å². The second kappa shape index (κ2) is 8.79. The molecule has 164 valence electrons. The van der Waals surface area contributed by atoms with Crippen molar-refractivity contribution in [2.45, 2.75) is 64.4 Å². The maximum Gasteiger partial charge on any atom is 0.431 e. The van der Waals surface area contributed by atoms with E-state index in [-0.39, 0.29) is 35.4 Å². The highest BCUT2D eigenvalue weighted by Gasteiger charge is 2.35. The fourth-order valence-corrected chi connectivity index (χ4v) is 4.20. The molecule has 3 rings (SSSR count). The number of rotatable bonds is 5. The summed E-state index contributed by atoms with van der Waals surface area (Å²) in [5.41, 5.74) is -0.681. The van der Waals surface area contributed by atoms with Crippen LogP contribution in [0.5, 0.6) is 0 Å². The standard InChI is InChI=1S/C22H27F3N2O3/c1-13-7-8-18-17(9-13)19(28)11-20(22(23,24)25)27(18)12-14(2)26-21(29)15-5-4-6-16(10-15)30-3/h7-9,11,14-16H,4-6,10,12H2,1-3H3,(H,26,29)/t14-,15-,16+/m1/s1. The van der Waals surface area contributed by atoms with Crippen molar-refractivity contribution in [2.24, 2.45) is 5.92 Å². The molecule has 1 aliphatic rings. The monoisotopic (exact) mass is 424 g/mol. The first-order valence-corrected chi connectivity index (χ1v) is 10.1. The lowest BCUT2D eigenvalue weighted by atomic mass is 9.86. The molecule has 0 saturated heterocycles. The predicted molar refractivity (Wildman–Crippen MR) is 108 cm³/mol. The van der Waals surface area contributed by atoms with E-state index in [2.05, 4.69) is 5.32 Å². The molecule has 0 spiro atoms. The number of alkyl halides is 3. The first-order chi connectivity index (χ1) is 14.1. The molecule has 1 aliphatic carbocycles. The normalized spacial score (nSPS) is 20.9. The molecule has 2 aromatic rings. The van der Waals surface area contributed by atoms with E-state index >= 15 is 0 Å². The molecular formula is C22H27F3N2O3. The largest absolute Gasteiger partial charge is 0.431 e. The smallest absolute Gasteiger partial charge is 0.381 e. The summed E-state index contributed by atoms with van der Waals surface area (Å²) in [5.74, 6) is -0.374. The molecule has 0 aliphatic heterocycles. The third-order valence-electron chi connectivity index (χ3n) is 5.73. The van der Waals surface area contributed by atoms with Crippen molar-refractivity contribution < 1.29 is 22.7 Å². The van der Waals surface area contributed by atoms with Gasteiger partial charge < -0.3 is 14.6 Å². The van der Waals surface area contributed by atoms with Crippen molar-refractivity contribution in [2.75, 3.05) is 7.11 Å². The van der Waals surface area contributed by atoms with Crippen LogP contribution in [0.4, 0.5) is 13.2 Å². The van der Waals surface area contributed by atoms with Gasteiger partial charge in [-0.3, -0.25) is 9.59 Å². The minimum atomic E-state index is -4.68. The minimum absolute atomic E-state index is 0.0350. The lowest BCUT2D eigenvalue weighted by Crippen LogP contribution is -2.42. The fourth-order valence-electron chi connectivity index (χ4n) is 4.20. The average molecular weight is 424 g/mol. The van der Waals surface area contributed by atoms with Crippen LogP contribution in [0.3, 0.4) is 0 Å². The molecule has 1 saturated carbocycles. The number of aryl methyl sites for hydroxylation is 1. The molecule has 30 heavy (non-hydrogen) atoms. The summed E-state index contributed by atoms with van der Waals surface area (Å²) in [6, 6.07) is 4.88. The second-order valence-corrected chi connectivity index (χ2v) is 8.15. The van der Waals surface area contributed by atoms with E-state index in [4.69, 9.17) is 4.74 Å². The van der Waals surface area contributed by atoms with Crippen LogP contribution in [0.15, 0.2) is 29.1 Å². The molecule has 5 nitrogen and oxygen atoms in total. The Balaban J connectivity index is 1.87. The fraction of sp³-hybridized carbons (Fsp3) is 0.545. The van der Waals surface area contributed by atoms with Crippen LogP contribution < -0.4 is 10.7 Å². The zero-order valence-corrected chi connectivity index (χ0v) is 17.4. The summed E-state index contributed by atoms with van der Waals surface area (Å²) in [7, 11) is 1.62. The van der Waals surface area contributed by atoms with Gasteiger partial charge in [-0.1, -0.05) is 18.1 Å². The van der Waals surface area contributed by atoms with Crippen LogP contribution in [0.25, 0.3) is 10.9 Å². The van der Waals surface area contributed by atoms with Crippen molar-refractivity contribution in [1.82, 2.24) is 9.88 Å². The number of carbonyl (C=O) groups is 1. The van der Waals surface area contributed by atoms with Crippen molar-refractivity contribution in [3.8, 4) is 0 Å². The van der Waals surface area contributed by atoms with E-state index in [1.54, 1.807) is 33.1 Å². The molecule has 1 aromatic carbocycles. The van der Waals surface area contributed by atoms with Crippen LogP contribution in [0.1, 0.15) is 43.9 Å². The van der Waals surface area contributed by atoms with Crippen LogP contribution in [-0.4, -0.2) is 29.7 Å². The van der Waals surface area contributed by atoms with Gasteiger partial charge in [0.1, 0.15) is 5.69 Å². The number of nitrogens with zero attached hydrogens (tertiary/aromatic N) is 1. The SMILES string of the molecule is CO[C@H]1CCC[C@@H](C(=O)N[C@H](C)Cn2c(C(F)(F)F)cc(=O)c3cc(C)ccc32)C1. The number of benzene rings is 1. The van der Waals surface area contributed by atoms with Crippen LogP contribution in [0.2, 0.25) is 0 Å². The Morgan fingerprint density at radius 3 is 2.70 bits per heavy atom. The summed E-state index contributed by atoms with van der Waals surface area (Å²) in [4.78, 5) is 24.9. The third-order valence-corrected chi connectivity index (χ3v) is 5.73. The molecular weight excluding hydrogens is 397 g/mol. The van der Waals surface area contributed by atoms with Crippen molar-refractivity contribution in [3.05, 3.63) is 45.7 Å². The number of amides is 1. The highest BCUT2D eigenvalue weighted by Crippen LogP contribution is 2.31. The molecule has 3 atom stereocenters. The Hall–Kier alpha value is -2.35. The van der Waals surface area contributed by atoms with Gasteiger partial charge >= 0.3 is 6.18 Å². The molecule has 1 N–H and O–H groups in total. The maximum absolute atomic E-state index is 13.7. The number of nitrogens with one attached hydrogen (secondary N) is 1. The lowest BCUT2D eigenvalue weighted by molar-refractivity contribution is -0.143. The quantitative estimate of drug-likeness (QED) is 0.788. The number of halogens is 3. The molecule has 1 fully saturated rings. The lowest BCUT2D eigenvalue weighted by Gasteiger charge is -2.29. The second-order valence-electron chi connectivity index (χ2n) is 8.15. The molecule has 0 bridgehead atoms. The first kappa shape index (κ1) is 22.3. The van der Waals surface area contributed by atoms with Gasteiger partial charge in [0.2, 0.25) is 5.91 Å². The molecule has 1 aromatic heterocycles. The van der Waals surface area contributed by atoms with Gasteiger partial charge in [-0.25, -0.2) is 0 Å². The predicted octanol–water partition coefficient (Wildman–Crippen LogP) is 4.04. The minimum Gasteiger partial charge on any atom is -0.381 e. The van der Waals surface area contributed by atoms with E-state index in [0.717, 1.165) is 29.4 Å². The van der Waals surface area contributed by atoms with Gasteiger partial charge in [-0.05, 0) is 45.2 Å². The Kier molecular flexibility index (Phi) is 6.55. The Morgan fingerprint density at radius 2 is 2.03 bits per heavy atom. The number of carbonyl (C=O) groups excluding carboxylic acids is 1. The summed E-state index contributed by atoms with van der Waals surface area (Å²) in [6.07, 6.45) is -1.50. The average Bonchev–Trinajstić information content (AvgIpc) is 2.69. The number of hydrogen-bond donors (Lipinski definition) is 1. The number of ether oxygens (including phenoxy) is 1. The molecule has 8 heteroatoms. The van der Waals surface area contributed by atoms with Gasteiger partial charge in [0.15, 0.2) is 5.43 Å². The van der Waals surface area contributed by atoms with Crippen molar-refractivity contribution in [3.63, 3.8) is 0 Å². The van der Waals surface area contributed by atoms with E-state index in [0.29, 0.717) is 12.5 Å². The first-order valence-electron chi connectivity index (χ1n) is 10.1. The van der Waals surface area contributed by atoms with Crippen LogP contribution in [-0.2, 0) is 22.3 Å². The zero-order valence-electron chi connectivity index (χ0n) is 17.4. The van der Waals surface area contributed by atoms with Gasteiger partial charge in [0.25, 0.3) is 0 Å². The molecule has 1 heterocycles. The number of methoxy groups -OCH3 is 1. The summed E-state index contributed by atoms with van der Waals surface area (Å²) in [5, 5.41) is 3.08. The summed E-state index contributed by atoms with van der Waals surface area (Å²) < 4.78 is 47.4. The number of hydrogen-bond acceptors (Lipinski definition) is 3. The number of fused-ring (bicyclic) bond motifs is 1. The van der Waals surface area contributed by atoms with Gasteiger partial charge in [0, 0.05) is 37.1 Å². The summed E-state index contributed by atoms with van der Waals surface area (Å²) in [6.45, 7) is 3.36. The number of pyridine rings is 1. The highest BCUT2D eigenvalue weighted by atomic mass is 19.4. The number of aromatic nitrogens is 1. The van der Waals surface area contributed by atoms with Crippen molar-refractivity contribution >= 4 is 16.8 Å². The zero-order chi connectivity index (χ0) is 22.1. The van der Waals surface area contributed by atoms with E-state index in [1.807, 2.05) is 0 Å².